The van der Waals surface area contributed by atoms with Crippen LogP contribution in [-0.2, 0) is 0 Å². The highest BCUT2D eigenvalue weighted by molar-refractivity contribution is 7.07. The summed E-state index contributed by atoms with van der Waals surface area (Å²) in [5.41, 5.74) is 7.32. The van der Waals surface area contributed by atoms with Gasteiger partial charge >= 0.3 is 0 Å². The monoisotopic (exact) mass is 267 g/mol. The maximum Gasteiger partial charge on any atom is 0.0475 e. The molecule has 3 nitrogen and oxygen atoms in total. The average molecular weight is 267 g/mol. The Morgan fingerprint density at radius 2 is 2.22 bits per heavy atom. The van der Waals surface area contributed by atoms with Crippen molar-refractivity contribution in [3.63, 3.8) is 0 Å². The molecule has 1 fully saturated rings. The molecule has 1 atom stereocenters. The van der Waals surface area contributed by atoms with Gasteiger partial charge in [0.05, 0.1) is 0 Å². The van der Waals surface area contributed by atoms with Crippen molar-refractivity contribution in [2.45, 2.75) is 18.9 Å². The van der Waals surface area contributed by atoms with Crippen molar-refractivity contribution in [2.24, 2.45) is 11.7 Å². The number of nitrogens with zero attached hydrogens (tertiary/aromatic N) is 2. The van der Waals surface area contributed by atoms with Crippen LogP contribution in [0.2, 0.25) is 0 Å². The summed E-state index contributed by atoms with van der Waals surface area (Å²) in [6, 6.07) is 2.59. The van der Waals surface area contributed by atoms with E-state index < -0.39 is 0 Å². The molecule has 0 spiro atoms. The molecule has 0 saturated carbocycles. The molecule has 4 heteroatoms. The van der Waals surface area contributed by atoms with Crippen molar-refractivity contribution in [2.75, 3.05) is 40.3 Å². The lowest BCUT2D eigenvalue weighted by Gasteiger charge is -2.34. The van der Waals surface area contributed by atoms with Crippen LogP contribution in [-0.4, -0.2) is 50.1 Å². The molecule has 2 N–H and O–H groups in total. The van der Waals surface area contributed by atoms with Crippen LogP contribution in [0, 0.1) is 5.92 Å². The van der Waals surface area contributed by atoms with Crippen molar-refractivity contribution in [1.82, 2.24) is 9.80 Å². The number of hydrogen-bond acceptors (Lipinski definition) is 4. The van der Waals surface area contributed by atoms with Crippen LogP contribution in [0.1, 0.15) is 24.4 Å². The molecular formula is C14H25N3S. The SMILES string of the molecule is CN1CCC(CN(C)C(CN)c2ccsc2)CC1. The quantitative estimate of drug-likeness (QED) is 0.886. The molecule has 1 aliphatic rings. The number of likely N-dealkylation sites (N-methyl/N-ethyl adjacent to an activating group) is 1. The highest BCUT2D eigenvalue weighted by Crippen LogP contribution is 2.24. The lowest BCUT2D eigenvalue weighted by molar-refractivity contribution is 0.152. The number of nitrogens with two attached hydrogens (primary N) is 1. The van der Waals surface area contributed by atoms with Gasteiger partial charge in [0.2, 0.25) is 0 Å². The lowest BCUT2D eigenvalue weighted by Crippen LogP contribution is -2.38. The van der Waals surface area contributed by atoms with Crippen LogP contribution in [0.25, 0.3) is 0 Å². The molecule has 1 aromatic heterocycles. The first-order valence-electron chi connectivity index (χ1n) is 6.81. The molecule has 2 heterocycles. The van der Waals surface area contributed by atoms with E-state index in [0.29, 0.717) is 12.6 Å². The Balaban J connectivity index is 1.88. The molecule has 0 radical (unpaired) electrons. The van der Waals surface area contributed by atoms with Crippen LogP contribution in [0.4, 0.5) is 0 Å². The van der Waals surface area contributed by atoms with Gasteiger partial charge in [-0.1, -0.05) is 0 Å². The van der Waals surface area contributed by atoms with E-state index in [4.69, 9.17) is 5.73 Å². The molecule has 1 aliphatic heterocycles. The van der Waals surface area contributed by atoms with Gasteiger partial charge in [-0.05, 0) is 68.3 Å². The minimum Gasteiger partial charge on any atom is -0.329 e. The second-order valence-electron chi connectivity index (χ2n) is 5.49. The van der Waals surface area contributed by atoms with Crippen LogP contribution in [0.3, 0.4) is 0 Å². The van der Waals surface area contributed by atoms with Gasteiger partial charge in [0.25, 0.3) is 0 Å². The van der Waals surface area contributed by atoms with E-state index in [9.17, 15) is 0 Å². The standard InChI is InChI=1S/C14H25N3S/c1-16-6-3-12(4-7-16)10-17(2)14(9-15)13-5-8-18-11-13/h5,8,11-12,14H,3-4,6-7,9-10,15H2,1-2H3. The van der Waals surface area contributed by atoms with Crippen LogP contribution in [0.5, 0.6) is 0 Å². The molecule has 0 aromatic carbocycles. The second-order valence-corrected chi connectivity index (χ2v) is 6.27. The summed E-state index contributed by atoms with van der Waals surface area (Å²) in [5.74, 6) is 0.832. The molecule has 1 aromatic rings. The number of piperidine rings is 1. The highest BCUT2D eigenvalue weighted by atomic mass is 32.1. The van der Waals surface area contributed by atoms with Crippen molar-refractivity contribution in [1.29, 1.82) is 0 Å². The number of thiophene rings is 1. The Labute approximate surface area is 115 Å². The minimum atomic E-state index is 0.385. The van der Waals surface area contributed by atoms with Gasteiger partial charge in [-0.15, -0.1) is 0 Å². The van der Waals surface area contributed by atoms with Crippen molar-refractivity contribution < 1.29 is 0 Å². The van der Waals surface area contributed by atoms with Gasteiger partial charge in [0, 0.05) is 19.1 Å². The maximum atomic E-state index is 5.95. The third-order valence-corrected chi connectivity index (χ3v) is 4.77. The molecule has 18 heavy (non-hydrogen) atoms. The lowest BCUT2D eigenvalue weighted by atomic mass is 9.95. The Hall–Kier alpha value is -0.420. The Bertz CT molecular complexity index is 331. The molecular weight excluding hydrogens is 242 g/mol. The topological polar surface area (TPSA) is 32.5 Å². The molecule has 0 aliphatic carbocycles. The normalized spacial score (nSPS) is 20.4. The largest absolute Gasteiger partial charge is 0.329 e. The maximum absolute atomic E-state index is 5.95. The first-order valence-corrected chi connectivity index (χ1v) is 7.76. The highest BCUT2D eigenvalue weighted by Gasteiger charge is 2.22. The predicted molar refractivity (Wildman–Crippen MR) is 79.0 cm³/mol. The summed E-state index contributed by atoms with van der Waals surface area (Å²) in [7, 11) is 4.43. The zero-order valence-corrected chi connectivity index (χ0v) is 12.3. The van der Waals surface area contributed by atoms with Gasteiger partial charge in [0.15, 0.2) is 0 Å². The van der Waals surface area contributed by atoms with E-state index in [1.165, 1.54) is 38.0 Å². The van der Waals surface area contributed by atoms with Gasteiger partial charge in [-0.25, -0.2) is 0 Å². The Morgan fingerprint density at radius 1 is 1.50 bits per heavy atom. The average Bonchev–Trinajstić information content (AvgIpc) is 2.87. The van der Waals surface area contributed by atoms with E-state index in [0.717, 1.165) is 5.92 Å². The summed E-state index contributed by atoms with van der Waals surface area (Å²) in [4.78, 5) is 4.87. The van der Waals surface area contributed by atoms with Crippen LogP contribution < -0.4 is 5.73 Å². The van der Waals surface area contributed by atoms with Crippen molar-refractivity contribution in [3.05, 3.63) is 22.4 Å². The fraction of sp³-hybridized carbons (Fsp3) is 0.714. The zero-order chi connectivity index (χ0) is 13.0. The Morgan fingerprint density at radius 3 is 2.78 bits per heavy atom. The first-order chi connectivity index (χ1) is 8.70. The molecule has 0 bridgehead atoms. The summed E-state index contributed by atoms with van der Waals surface area (Å²) in [5, 5.41) is 4.37. The van der Waals surface area contributed by atoms with E-state index in [-0.39, 0.29) is 0 Å². The summed E-state index contributed by atoms with van der Waals surface area (Å²) >= 11 is 1.76. The summed E-state index contributed by atoms with van der Waals surface area (Å²) in [6.45, 7) is 4.36. The van der Waals surface area contributed by atoms with Gasteiger partial charge in [-0.3, -0.25) is 4.90 Å². The Kier molecular flexibility index (Phi) is 5.18. The van der Waals surface area contributed by atoms with Crippen molar-refractivity contribution in [3.8, 4) is 0 Å². The fourth-order valence-electron chi connectivity index (χ4n) is 2.81. The number of hydrogen-bond donors (Lipinski definition) is 1. The molecule has 102 valence electrons. The van der Waals surface area contributed by atoms with Gasteiger partial charge < -0.3 is 10.6 Å². The fourth-order valence-corrected chi connectivity index (χ4v) is 3.52. The van der Waals surface area contributed by atoms with Crippen LogP contribution >= 0.6 is 11.3 Å². The smallest absolute Gasteiger partial charge is 0.0475 e. The van der Waals surface area contributed by atoms with E-state index in [1.807, 2.05) is 0 Å². The first kappa shape index (κ1) is 14.0. The molecule has 1 unspecified atom stereocenters. The summed E-state index contributed by atoms with van der Waals surface area (Å²) < 4.78 is 0. The third-order valence-electron chi connectivity index (χ3n) is 4.07. The summed E-state index contributed by atoms with van der Waals surface area (Å²) in [6.07, 6.45) is 2.64. The zero-order valence-electron chi connectivity index (χ0n) is 11.5. The van der Waals surface area contributed by atoms with E-state index in [1.54, 1.807) is 11.3 Å². The minimum absolute atomic E-state index is 0.385. The molecule has 2 rings (SSSR count). The predicted octanol–water partition coefficient (Wildman–Crippen LogP) is 2.02. The third kappa shape index (κ3) is 3.54. The van der Waals surface area contributed by atoms with E-state index in [2.05, 4.69) is 40.7 Å². The number of rotatable bonds is 5. The van der Waals surface area contributed by atoms with Crippen LogP contribution in [0.15, 0.2) is 16.8 Å². The van der Waals surface area contributed by atoms with Gasteiger partial charge in [0.1, 0.15) is 0 Å². The number of likely N-dealkylation sites (tertiary alicyclic amines) is 1. The van der Waals surface area contributed by atoms with E-state index >= 15 is 0 Å². The molecule has 0 amide bonds. The molecule has 1 saturated heterocycles. The second kappa shape index (κ2) is 6.66. The van der Waals surface area contributed by atoms with Crippen molar-refractivity contribution >= 4 is 11.3 Å². The van der Waals surface area contributed by atoms with Gasteiger partial charge in [-0.2, -0.15) is 11.3 Å².